The van der Waals surface area contributed by atoms with Crippen molar-refractivity contribution >= 4 is 28.7 Å². The molecule has 37 heavy (non-hydrogen) atoms. The van der Waals surface area contributed by atoms with Crippen molar-refractivity contribution in [3.63, 3.8) is 0 Å². The van der Waals surface area contributed by atoms with Crippen molar-refractivity contribution in [3.05, 3.63) is 78.0 Å². The number of carbonyl (C=O) groups is 2. The minimum atomic E-state index is -0.0854. The van der Waals surface area contributed by atoms with Gasteiger partial charge in [0, 0.05) is 44.1 Å². The van der Waals surface area contributed by atoms with E-state index in [-0.39, 0.29) is 17.2 Å². The Bertz CT molecular complexity index is 1400. The number of anilines is 1. The Labute approximate surface area is 216 Å². The number of amides is 2. The summed E-state index contributed by atoms with van der Waals surface area (Å²) in [5.74, 6) is 1.06. The number of likely N-dealkylation sites (tertiary alicyclic amines) is 1. The Balaban J connectivity index is 1.45. The number of rotatable bonds is 7. The summed E-state index contributed by atoms with van der Waals surface area (Å²) >= 11 is 0. The summed E-state index contributed by atoms with van der Waals surface area (Å²) < 4.78 is 0. The lowest BCUT2D eigenvalue weighted by Crippen LogP contribution is -2.47. The van der Waals surface area contributed by atoms with Crippen LogP contribution in [0.1, 0.15) is 42.7 Å². The van der Waals surface area contributed by atoms with Crippen molar-refractivity contribution < 1.29 is 9.59 Å². The zero-order valence-electron chi connectivity index (χ0n) is 21.3. The normalized spacial score (nSPS) is 17.5. The van der Waals surface area contributed by atoms with Crippen molar-refractivity contribution in [2.75, 3.05) is 31.5 Å². The summed E-state index contributed by atoms with van der Waals surface area (Å²) in [6, 6.07) is 22.0. The van der Waals surface area contributed by atoms with Gasteiger partial charge < -0.3 is 20.5 Å². The van der Waals surface area contributed by atoms with Gasteiger partial charge >= 0.3 is 0 Å². The molecule has 0 spiro atoms. The lowest BCUT2D eigenvalue weighted by Gasteiger charge is -2.40. The van der Waals surface area contributed by atoms with E-state index < -0.39 is 0 Å². The predicted molar refractivity (Wildman–Crippen MR) is 145 cm³/mol. The molecule has 0 aliphatic carbocycles. The molecule has 5 rings (SSSR count). The van der Waals surface area contributed by atoms with E-state index in [1.165, 1.54) is 12.5 Å². The second-order valence-electron chi connectivity index (χ2n) is 9.87. The highest BCUT2D eigenvalue weighted by atomic mass is 16.2. The van der Waals surface area contributed by atoms with E-state index in [1.54, 1.807) is 0 Å². The van der Waals surface area contributed by atoms with E-state index >= 15 is 0 Å². The molecule has 8 heteroatoms. The number of carbonyl (C=O) groups excluding carboxylic acids is 2. The zero-order valence-corrected chi connectivity index (χ0v) is 21.3. The van der Waals surface area contributed by atoms with E-state index in [2.05, 4.69) is 46.8 Å². The van der Waals surface area contributed by atoms with Crippen LogP contribution in [0.3, 0.4) is 0 Å². The molecule has 2 aromatic heterocycles. The Kier molecular flexibility index (Phi) is 6.90. The summed E-state index contributed by atoms with van der Waals surface area (Å²) in [7, 11) is 0. The summed E-state index contributed by atoms with van der Waals surface area (Å²) in [5, 5.41) is 6.84. The fraction of sp³-hybridized carbons (Fsp3) is 0.310. The first-order chi connectivity index (χ1) is 17.9. The van der Waals surface area contributed by atoms with E-state index in [9.17, 15) is 9.59 Å². The van der Waals surface area contributed by atoms with Gasteiger partial charge in [-0.05, 0) is 24.5 Å². The minimum absolute atomic E-state index is 0.0367. The van der Waals surface area contributed by atoms with Gasteiger partial charge in [0.2, 0.25) is 5.91 Å². The second-order valence-corrected chi connectivity index (χ2v) is 9.87. The molecule has 2 aromatic carbocycles. The van der Waals surface area contributed by atoms with Crippen LogP contribution in [-0.2, 0) is 10.2 Å². The first kappa shape index (κ1) is 24.5. The zero-order chi connectivity index (χ0) is 25.8. The number of hydrogen-bond acceptors (Lipinski definition) is 5. The molecule has 3 heterocycles. The molecule has 8 nitrogen and oxygen atoms in total. The molecule has 1 aliphatic heterocycles. The van der Waals surface area contributed by atoms with Crippen LogP contribution in [0.2, 0.25) is 0 Å². The number of nitrogens with zero attached hydrogens (tertiary/aromatic N) is 3. The monoisotopic (exact) mass is 496 g/mol. The fourth-order valence-corrected chi connectivity index (χ4v) is 5.05. The van der Waals surface area contributed by atoms with Crippen LogP contribution < -0.4 is 10.6 Å². The summed E-state index contributed by atoms with van der Waals surface area (Å²) in [5.41, 5.74) is 3.15. The van der Waals surface area contributed by atoms with Crippen LogP contribution in [0.15, 0.2) is 66.7 Å². The highest BCUT2D eigenvalue weighted by Gasteiger charge is 2.35. The van der Waals surface area contributed by atoms with E-state index in [1.807, 2.05) is 47.4 Å². The van der Waals surface area contributed by atoms with Gasteiger partial charge in [-0.3, -0.25) is 9.59 Å². The molecule has 2 amide bonds. The quantitative estimate of drug-likeness (QED) is 0.330. The van der Waals surface area contributed by atoms with Gasteiger partial charge in [0.05, 0.1) is 5.39 Å². The van der Waals surface area contributed by atoms with Crippen molar-refractivity contribution in [1.29, 1.82) is 0 Å². The van der Waals surface area contributed by atoms with Crippen LogP contribution in [0.4, 0.5) is 5.82 Å². The third-order valence-electron chi connectivity index (χ3n) is 7.00. The number of fused-ring (bicyclic) bond motifs is 1. The summed E-state index contributed by atoms with van der Waals surface area (Å²) in [4.78, 5) is 39.6. The van der Waals surface area contributed by atoms with Gasteiger partial charge in [-0.1, -0.05) is 67.6 Å². The molecule has 0 bridgehead atoms. The third-order valence-corrected chi connectivity index (χ3v) is 7.00. The molecule has 190 valence electrons. The molecule has 3 N–H and O–H groups in total. The van der Waals surface area contributed by atoms with Crippen LogP contribution in [0.5, 0.6) is 0 Å². The number of aromatic nitrogens is 3. The van der Waals surface area contributed by atoms with Crippen LogP contribution in [0, 0.1) is 0 Å². The maximum Gasteiger partial charge on any atom is 0.270 e. The molecule has 0 saturated carbocycles. The van der Waals surface area contributed by atoms with Gasteiger partial charge in [-0.25, -0.2) is 9.97 Å². The molecule has 4 aromatic rings. The number of piperidine rings is 1. The average molecular weight is 497 g/mol. The first-order valence-corrected chi connectivity index (χ1v) is 12.7. The largest absolute Gasteiger partial charge is 0.368 e. The topological polar surface area (TPSA) is 103 Å². The predicted octanol–water partition coefficient (Wildman–Crippen LogP) is 4.37. The fourth-order valence-electron chi connectivity index (χ4n) is 5.05. The first-order valence-electron chi connectivity index (χ1n) is 12.7. The Morgan fingerprint density at radius 2 is 1.76 bits per heavy atom. The van der Waals surface area contributed by atoms with E-state index in [0.29, 0.717) is 42.6 Å². The summed E-state index contributed by atoms with van der Waals surface area (Å²) in [6.45, 7) is 6.07. The van der Waals surface area contributed by atoms with Crippen molar-refractivity contribution in [2.45, 2.75) is 32.1 Å². The summed E-state index contributed by atoms with van der Waals surface area (Å²) in [6.07, 6.45) is 1.99. The molecule has 1 fully saturated rings. The number of hydrogen-bond donors (Lipinski definition) is 3. The maximum absolute atomic E-state index is 13.7. The Morgan fingerprint density at radius 3 is 2.49 bits per heavy atom. The molecule has 1 unspecified atom stereocenters. The smallest absolute Gasteiger partial charge is 0.270 e. The average Bonchev–Trinajstić information content (AvgIpc) is 3.36. The second kappa shape index (κ2) is 10.4. The third kappa shape index (κ3) is 5.33. The molecule has 1 atom stereocenters. The number of aromatic amines is 1. The standard InChI is InChI=1S/C29H32N6O2/c1-20(36)30-15-16-31-26-23-18-24(32-27(23)34-25(33-26)21-10-5-3-6-11-21)28(37)35-17-9-14-29(2,19-35)22-12-7-4-8-13-22/h3-8,10-13,18H,9,14-17,19H2,1-2H3,(H,30,36)(H2,31,32,33,34). The number of benzene rings is 2. The highest BCUT2D eigenvalue weighted by molar-refractivity contribution is 6.00. The van der Waals surface area contributed by atoms with Gasteiger partial charge in [-0.2, -0.15) is 0 Å². The minimum Gasteiger partial charge on any atom is -0.368 e. The van der Waals surface area contributed by atoms with Gasteiger partial charge in [-0.15, -0.1) is 0 Å². The highest BCUT2D eigenvalue weighted by Crippen LogP contribution is 2.34. The molecular formula is C29H32N6O2. The van der Waals surface area contributed by atoms with E-state index in [0.717, 1.165) is 30.3 Å². The van der Waals surface area contributed by atoms with Gasteiger partial charge in [0.1, 0.15) is 17.2 Å². The Hall–Kier alpha value is -4.20. The van der Waals surface area contributed by atoms with Crippen molar-refractivity contribution in [2.24, 2.45) is 0 Å². The molecule has 1 saturated heterocycles. The van der Waals surface area contributed by atoms with Crippen LogP contribution in [-0.4, -0.2) is 57.8 Å². The van der Waals surface area contributed by atoms with Crippen molar-refractivity contribution in [3.8, 4) is 11.4 Å². The van der Waals surface area contributed by atoms with Crippen LogP contribution >= 0.6 is 0 Å². The van der Waals surface area contributed by atoms with Crippen molar-refractivity contribution in [1.82, 2.24) is 25.2 Å². The van der Waals surface area contributed by atoms with Crippen LogP contribution in [0.25, 0.3) is 22.4 Å². The maximum atomic E-state index is 13.7. The molecule has 1 aliphatic rings. The van der Waals surface area contributed by atoms with Gasteiger partial charge in [0.25, 0.3) is 5.91 Å². The molecule has 0 radical (unpaired) electrons. The number of H-pyrrole nitrogens is 1. The van der Waals surface area contributed by atoms with Gasteiger partial charge in [0.15, 0.2) is 5.82 Å². The van der Waals surface area contributed by atoms with E-state index in [4.69, 9.17) is 9.97 Å². The Morgan fingerprint density at radius 1 is 1.03 bits per heavy atom. The number of nitrogens with one attached hydrogen (secondary N) is 3. The SMILES string of the molecule is CC(=O)NCCNc1nc(-c2ccccc2)nc2[nH]c(C(=O)N3CCCC(C)(c4ccccc4)C3)cc12. The molecular weight excluding hydrogens is 464 g/mol. The lowest BCUT2D eigenvalue weighted by atomic mass is 9.76. The lowest BCUT2D eigenvalue weighted by molar-refractivity contribution is -0.118.